The summed E-state index contributed by atoms with van der Waals surface area (Å²) in [7, 11) is 38.6. The Morgan fingerprint density at radius 3 is 0.984 bits per heavy atom. The number of rotatable bonds is 10. The molecular formula is C86H89B8Cl6F3N14O7S. The molecule has 0 spiro atoms. The summed E-state index contributed by atoms with van der Waals surface area (Å²) in [6.45, 7) is 26.6. The molecular weight excluding hydrogens is 1730 g/mol. The number of hydrogen-bond acceptors (Lipinski definition) is 14. The van der Waals surface area contributed by atoms with E-state index < -0.39 is 21.4 Å². The van der Waals surface area contributed by atoms with E-state index in [4.69, 9.17) is 139 Å². The number of methoxy groups -OCH3 is 3. The highest BCUT2D eigenvalue weighted by Gasteiger charge is 2.49. The summed E-state index contributed by atoms with van der Waals surface area (Å²) >= 11 is 35.7. The number of hydrogen-bond donors (Lipinski definition) is 1. The third-order valence-electron chi connectivity index (χ3n) is 17.6. The van der Waals surface area contributed by atoms with Gasteiger partial charge in [0.2, 0.25) is 0 Å². The van der Waals surface area contributed by atoms with E-state index in [-0.39, 0.29) is 26.0 Å². The van der Waals surface area contributed by atoms with E-state index in [1.807, 2.05) is 32.0 Å². The van der Waals surface area contributed by atoms with Gasteiger partial charge in [-0.15, -0.1) is 0 Å². The highest BCUT2D eigenvalue weighted by molar-refractivity contribution is 7.88. The van der Waals surface area contributed by atoms with E-state index >= 15 is 0 Å². The first kappa shape index (κ1) is 99.9. The zero-order valence-electron chi connectivity index (χ0n) is 70.9. The molecule has 0 amide bonds. The molecule has 0 saturated heterocycles. The van der Waals surface area contributed by atoms with Crippen LogP contribution < -0.4 is 56.6 Å². The molecule has 14 radical (unpaired) electrons. The van der Waals surface area contributed by atoms with E-state index in [1.54, 1.807) is 130 Å². The molecule has 17 aromatic rings. The fraction of sp³-hybridized carbons (Fsp3) is 0.221. The summed E-state index contributed by atoms with van der Waals surface area (Å²) in [6, 6.07) is 39.0. The Morgan fingerprint density at radius 2 is 0.656 bits per heavy atom. The van der Waals surface area contributed by atoms with Gasteiger partial charge >= 0.3 is 15.6 Å². The molecule has 0 saturated carbocycles. The van der Waals surface area contributed by atoms with Crippen LogP contribution in [0.3, 0.4) is 0 Å². The van der Waals surface area contributed by atoms with E-state index in [9.17, 15) is 26.7 Å². The number of halogens is 9. The van der Waals surface area contributed by atoms with Crippen LogP contribution in [0.25, 0.3) is 60.9 Å². The van der Waals surface area contributed by atoms with Crippen LogP contribution in [0.5, 0.6) is 28.7 Å². The molecule has 39 heteroatoms. The molecule has 0 aliphatic carbocycles. The van der Waals surface area contributed by atoms with Crippen LogP contribution in [0, 0.1) is 6.92 Å². The average molecular weight is 1820 g/mol. The first-order valence-corrected chi connectivity index (χ1v) is 42.1. The van der Waals surface area contributed by atoms with E-state index in [1.165, 1.54) is 45.2 Å². The first-order valence-electron chi connectivity index (χ1n) is 38.5. The van der Waals surface area contributed by atoms with Crippen molar-refractivity contribution in [3.63, 3.8) is 0 Å². The van der Waals surface area contributed by atoms with Gasteiger partial charge in [-0.05, 0) is 88.9 Å². The van der Waals surface area contributed by atoms with E-state index in [0.29, 0.717) is 92.7 Å². The Bertz CT molecular complexity index is 6400. The van der Waals surface area contributed by atoms with Crippen LogP contribution in [0.2, 0.25) is 50.6 Å². The monoisotopic (exact) mass is 1820 g/mol. The Labute approximate surface area is 768 Å². The van der Waals surface area contributed by atoms with Gasteiger partial charge in [-0.2, -0.15) is 57.3 Å². The molecule has 14 heterocycles. The number of ether oxygens (including phenoxy) is 3. The van der Waals surface area contributed by atoms with Crippen molar-refractivity contribution in [3.8, 4) is 51.0 Å². The molecule has 125 heavy (non-hydrogen) atoms. The fourth-order valence-corrected chi connectivity index (χ4v) is 13.5. The molecule has 0 bridgehead atoms. The number of pyridine rings is 7. The van der Waals surface area contributed by atoms with Crippen molar-refractivity contribution in [1.29, 1.82) is 0 Å². The van der Waals surface area contributed by atoms with Gasteiger partial charge in [-0.25, -0.2) is 31.6 Å². The van der Waals surface area contributed by atoms with Gasteiger partial charge in [0.15, 0.2) is 5.75 Å². The van der Waals surface area contributed by atoms with Crippen LogP contribution >= 0.6 is 69.6 Å². The lowest BCUT2D eigenvalue weighted by molar-refractivity contribution is -0.0499. The van der Waals surface area contributed by atoms with E-state index in [2.05, 4.69) is 182 Å². The highest BCUT2D eigenvalue weighted by Crippen LogP contribution is 2.36. The Kier molecular flexibility index (Phi) is 36.0. The molecule has 638 valence electrons. The van der Waals surface area contributed by atoms with Crippen molar-refractivity contribution < 1.29 is 49.4 Å². The lowest BCUT2D eigenvalue weighted by Crippen LogP contribution is -2.28. The molecule has 0 aliphatic rings. The maximum Gasteiger partial charge on any atom is 0.534 e. The minimum Gasteiger partial charge on any atom is -0.506 e. The third kappa shape index (κ3) is 26.3. The van der Waals surface area contributed by atoms with Crippen LogP contribution in [0.15, 0.2) is 208 Å². The molecule has 0 fully saturated rings. The Morgan fingerprint density at radius 1 is 0.392 bits per heavy atom. The largest absolute Gasteiger partial charge is 0.534 e. The lowest BCUT2D eigenvalue weighted by Gasteiger charge is -2.11. The van der Waals surface area contributed by atoms with Crippen molar-refractivity contribution in [2.75, 3.05) is 21.3 Å². The highest BCUT2D eigenvalue weighted by atomic mass is 35.5. The summed E-state index contributed by atoms with van der Waals surface area (Å²) in [6.07, 6.45) is 22.2. The quantitative estimate of drug-likeness (QED) is 0.0767. The van der Waals surface area contributed by atoms with Gasteiger partial charge in [0.25, 0.3) is 0 Å². The van der Waals surface area contributed by atoms with E-state index in [0.717, 1.165) is 79.1 Å². The zero-order valence-corrected chi connectivity index (χ0v) is 76.3. The molecule has 14 aromatic heterocycles. The zero-order chi connectivity index (χ0) is 92.2. The molecule has 17 rings (SSSR count). The minimum atomic E-state index is -5.81. The van der Waals surface area contributed by atoms with Gasteiger partial charge in [0.1, 0.15) is 112 Å². The van der Waals surface area contributed by atoms with Crippen molar-refractivity contribution >= 4 is 218 Å². The molecule has 0 aliphatic heterocycles. The number of nitrogens with zero attached hydrogens (tertiary/aromatic N) is 14. The number of benzene rings is 3. The van der Waals surface area contributed by atoms with Crippen LogP contribution in [0.4, 0.5) is 13.2 Å². The molecule has 0 unspecified atom stereocenters. The number of alkyl halides is 3. The van der Waals surface area contributed by atoms with Gasteiger partial charge in [-0.1, -0.05) is 274 Å². The first-order chi connectivity index (χ1) is 59.1. The number of aromatic nitrogens is 14. The number of aryl methyl sites for hydroxylation is 1. The Balaban J connectivity index is 0.000000259. The summed E-state index contributed by atoms with van der Waals surface area (Å²) in [4.78, 5) is 0. The maximum atomic E-state index is 12.2. The second kappa shape index (κ2) is 45.1. The standard InChI is InChI=1S/2C16H14BClN2.C10H14.C8H3BClF3N2O3S.2C8H6BClN2O.C8H7BN2O.C7H4BClN2O.C3H9B.C2H6.3H2/c2*1-10(2)11-3-5-12(6-4-11)14-7-13(17)9-20-16(14)15(18)8-19-20;1-8(2)10-6-4-9(3)5-7-10;9-4-1-6(18-19(16,17)8(11,12)13)7-5(10)2-14-15(7)3-4;2*1-13-7-2-5(9)4-12-8(7)6(10)3-11-12;1-12-8-4-6(9)5-11-7(8)2-3-10-11;8-4-1-6(12)7-5(9)2-10-11(7)3-4;1-4(2)3;1-2;;;/h2*3-10H,1-2H3;4-8H,1-3H3;1-3H;2*2-4H,1H3;2-5H,1H3;1-3,12H;1-3H3;1-2H3;3*1H/i;;;;;;;;;;3*1+1. The predicted octanol–water partition coefficient (Wildman–Crippen LogP) is 16.6. The topological polar surface area (TPSA) is 212 Å². The van der Waals surface area contributed by atoms with Crippen molar-refractivity contribution in [3.05, 3.63) is 260 Å². The molecule has 3 aromatic carbocycles. The summed E-state index contributed by atoms with van der Waals surface area (Å²) in [5, 5.41) is 40.2. The van der Waals surface area contributed by atoms with Crippen LogP contribution in [-0.2, 0) is 10.1 Å². The minimum absolute atomic E-state index is 0. The molecule has 0 atom stereocenters. The van der Waals surface area contributed by atoms with Crippen LogP contribution in [-0.4, -0.2) is 169 Å². The fourth-order valence-electron chi connectivity index (χ4n) is 11.7. The van der Waals surface area contributed by atoms with Gasteiger partial charge in [-0.3, -0.25) is 0 Å². The summed E-state index contributed by atoms with van der Waals surface area (Å²) < 4.78 is 88.8. The molecule has 21 nitrogen and oxygen atoms in total. The number of fused-ring (bicyclic) bond motifs is 7. The van der Waals surface area contributed by atoms with Gasteiger partial charge in [0, 0.05) is 58.8 Å². The predicted molar refractivity (Wildman–Crippen MR) is 516 cm³/mol. The van der Waals surface area contributed by atoms with Gasteiger partial charge in [0.05, 0.1) is 106 Å². The Hall–Kier alpha value is -10.5. The van der Waals surface area contributed by atoms with Crippen molar-refractivity contribution in [2.45, 2.75) is 106 Å². The maximum absolute atomic E-state index is 12.2. The van der Waals surface area contributed by atoms with Gasteiger partial charge < -0.3 is 23.5 Å². The summed E-state index contributed by atoms with van der Waals surface area (Å²) in [5.74, 6) is 3.07. The van der Waals surface area contributed by atoms with Crippen molar-refractivity contribution in [2.24, 2.45) is 0 Å². The second-order valence-electron chi connectivity index (χ2n) is 28.9. The second-order valence-corrected chi connectivity index (χ2v) is 32.9. The van der Waals surface area contributed by atoms with Crippen molar-refractivity contribution in [1.82, 2.24) is 67.3 Å². The lowest BCUT2D eigenvalue weighted by atomic mass is 9.58. The smallest absolute Gasteiger partial charge is 0.506 e. The summed E-state index contributed by atoms with van der Waals surface area (Å²) in [5.41, 5.74) is 12.1. The molecule has 1 N–H and O–H groups in total. The van der Waals surface area contributed by atoms with Crippen LogP contribution in [0.1, 0.15) is 99.7 Å². The third-order valence-corrected chi connectivity index (χ3v) is 20.2. The normalized spacial score (nSPS) is 10.9. The number of aromatic hydroxyl groups is 1. The average Bonchev–Trinajstić information content (AvgIpc) is 1.34. The SMILES string of the molecule is CB(C)C.CC.Cc1ccc(C(C)C)cc1.[2HH].[2HH].[2HH].[B]c1cc(-c2ccc(C(C)C)cc2)c2c(Cl)cnn2c1.[B]c1cc(-c2ccc(C(C)C)cc2)c2c(Cl)cnn2c1.[B]c1cc(O)c2c(Cl)cnn2c1.[B]c1cc(OC)c2c(Cl)cnn2c1.[B]c1cc(OC)c2c(Cl)cnn2c1.[B]c1cc(OC)c2ccnn2c1.[B]c1cc(OS(=O)(=O)C(F)(F)F)c2c(Cl)cnn2c1.